The van der Waals surface area contributed by atoms with Gasteiger partial charge in [-0.05, 0) is 43.7 Å². The van der Waals surface area contributed by atoms with Crippen molar-refractivity contribution in [3.63, 3.8) is 0 Å². The van der Waals surface area contributed by atoms with E-state index in [2.05, 4.69) is 4.99 Å². The van der Waals surface area contributed by atoms with Crippen LogP contribution in [-0.2, 0) is 9.53 Å². The monoisotopic (exact) mass is 498 g/mol. The lowest BCUT2D eigenvalue weighted by atomic mass is 9.96. The molecule has 9 heteroatoms. The number of fused-ring (bicyclic) bond motifs is 1. The summed E-state index contributed by atoms with van der Waals surface area (Å²) in [6.45, 7) is 3.67. The second kappa shape index (κ2) is 9.87. The van der Waals surface area contributed by atoms with Gasteiger partial charge in [0.25, 0.3) is 5.56 Å². The third-order valence-corrected chi connectivity index (χ3v) is 6.77. The maximum absolute atomic E-state index is 13.7. The number of benzene rings is 2. The number of aromatic nitrogens is 1. The third-order valence-electron chi connectivity index (χ3n) is 5.44. The zero-order chi connectivity index (χ0) is 24.4. The molecule has 1 aliphatic rings. The number of carbonyl (C=O) groups is 1. The van der Waals surface area contributed by atoms with Crippen LogP contribution < -0.4 is 24.4 Å². The van der Waals surface area contributed by atoms with Crippen LogP contribution in [0.15, 0.2) is 63.5 Å². The fourth-order valence-electron chi connectivity index (χ4n) is 3.86. The van der Waals surface area contributed by atoms with Crippen molar-refractivity contribution >= 4 is 35.0 Å². The highest BCUT2D eigenvalue weighted by Crippen LogP contribution is 2.34. The number of halogens is 1. The molecule has 1 unspecified atom stereocenters. The van der Waals surface area contributed by atoms with Gasteiger partial charge < -0.3 is 14.2 Å². The molecule has 34 heavy (non-hydrogen) atoms. The molecule has 1 atom stereocenters. The molecule has 176 valence electrons. The Morgan fingerprint density at radius 3 is 2.65 bits per heavy atom. The van der Waals surface area contributed by atoms with E-state index < -0.39 is 12.0 Å². The predicted molar refractivity (Wildman–Crippen MR) is 131 cm³/mol. The highest BCUT2D eigenvalue weighted by Gasteiger charge is 2.34. The summed E-state index contributed by atoms with van der Waals surface area (Å²) in [7, 11) is 3.13. The number of rotatable bonds is 6. The van der Waals surface area contributed by atoms with Crippen molar-refractivity contribution in [1.82, 2.24) is 4.57 Å². The molecule has 3 aromatic rings. The van der Waals surface area contributed by atoms with Crippen LogP contribution in [0.2, 0.25) is 5.02 Å². The summed E-state index contributed by atoms with van der Waals surface area (Å²) in [5, 5.41) is 0.440. The molecule has 0 N–H and O–H groups in total. The van der Waals surface area contributed by atoms with Crippen molar-refractivity contribution in [1.29, 1.82) is 0 Å². The summed E-state index contributed by atoms with van der Waals surface area (Å²) in [6, 6.07) is 11.7. The molecule has 1 aliphatic heterocycles. The average molecular weight is 499 g/mol. The maximum Gasteiger partial charge on any atom is 0.338 e. The van der Waals surface area contributed by atoms with E-state index in [1.165, 1.54) is 15.9 Å². The number of methoxy groups -OCH3 is 2. The predicted octanol–water partition coefficient (Wildman–Crippen LogP) is 3.47. The summed E-state index contributed by atoms with van der Waals surface area (Å²) in [4.78, 5) is 31.6. The van der Waals surface area contributed by atoms with Gasteiger partial charge in [0.05, 0.1) is 36.6 Å². The Hall–Kier alpha value is -3.36. The van der Waals surface area contributed by atoms with E-state index in [1.54, 1.807) is 64.5 Å². The Morgan fingerprint density at radius 1 is 1.21 bits per heavy atom. The quantitative estimate of drug-likeness (QED) is 0.486. The van der Waals surface area contributed by atoms with Crippen molar-refractivity contribution in [3.8, 4) is 11.5 Å². The number of carbonyl (C=O) groups excluding carboxylic acids is 1. The van der Waals surface area contributed by atoms with Crippen LogP contribution in [0.5, 0.6) is 11.5 Å². The van der Waals surface area contributed by atoms with E-state index in [0.717, 1.165) is 0 Å². The fourth-order valence-corrected chi connectivity index (χ4v) is 5.14. The topological polar surface area (TPSA) is 79.1 Å². The second-order valence-corrected chi connectivity index (χ2v) is 8.85. The highest BCUT2D eigenvalue weighted by atomic mass is 35.5. The van der Waals surface area contributed by atoms with E-state index in [9.17, 15) is 9.59 Å². The normalized spacial score (nSPS) is 15.6. The lowest BCUT2D eigenvalue weighted by Gasteiger charge is -2.25. The molecular weight excluding hydrogens is 476 g/mol. The van der Waals surface area contributed by atoms with E-state index in [-0.39, 0.29) is 17.7 Å². The van der Waals surface area contributed by atoms with Crippen LogP contribution in [0, 0.1) is 0 Å². The van der Waals surface area contributed by atoms with Gasteiger partial charge in [-0.25, -0.2) is 9.79 Å². The fraction of sp³-hybridized carbons (Fsp3) is 0.240. The van der Waals surface area contributed by atoms with Gasteiger partial charge in [-0.3, -0.25) is 9.36 Å². The van der Waals surface area contributed by atoms with E-state index >= 15 is 0 Å². The molecule has 0 saturated carbocycles. The number of thiazole rings is 1. The van der Waals surface area contributed by atoms with E-state index in [0.29, 0.717) is 42.7 Å². The zero-order valence-electron chi connectivity index (χ0n) is 19.1. The minimum Gasteiger partial charge on any atom is -0.497 e. The van der Waals surface area contributed by atoms with Gasteiger partial charge in [0.15, 0.2) is 4.80 Å². The SMILES string of the molecule is CCOC(=O)C1=C(C)N=c2s/c(=C\c3ccc(OC)cc3OC)c(=O)n2C1c1ccccc1Cl. The van der Waals surface area contributed by atoms with Crippen LogP contribution in [0.25, 0.3) is 6.08 Å². The third kappa shape index (κ3) is 4.26. The van der Waals surface area contributed by atoms with Crippen LogP contribution in [-0.4, -0.2) is 31.4 Å². The Balaban J connectivity index is 1.97. The molecule has 0 amide bonds. The van der Waals surface area contributed by atoms with Crippen molar-refractivity contribution in [2.75, 3.05) is 20.8 Å². The molecule has 4 rings (SSSR count). The number of nitrogens with zero attached hydrogens (tertiary/aromatic N) is 2. The lowest BCUT2D eigenvalue weighted by molar-refractivity contribution is -0.139. The number of hydrogen-bond donors (Lipinski definition) is 0. The Labute approximate surface area is 205 Å². The van der Waals surface area contributed by atoms with Gasteiger partial charge in [-0.15, -0.1) is 0 Å². The average Bonchev–Trinajstić information content (AvgIpc) is 3.13. The minimum absolute atomic E-state index is 0.201. The van der Waals surface area contributed by atoms with E-state index in [4.69, 9.17) is 25.8 Å². The van der Waals surface area contributed by atoms with Crippen LogP contribution in [0.4, 0.5) is 0 Å². The first kappa shape index (κ1) is 23.8. The molecule has 0 bridgehead atoms. The molecule has 0 aliphatic carbocycles. The number of ether oxygens (including phenoxy) is 3. The smallest absolute Gasteiger partial charge is 0.338 e. The molecule has 0 spiro atoms. The molecule has 0 fully saturated rings. The second-order valence-electron chi connectivity index (χ2n) is 7.43. The molecule has 0 radical (unpaired) electrons. The van der Waals surface area contributed by atoms with E-state index in [1.807, 2.05) is 12.1 Å². The lowest BCUT2D eigenvalue weighted by Crippen LogP contribution is -2.40. The van der Waals surface area contributed by atoms with Gasteiger partial charge in [0.2, 0.25) is 0 Å². The molecule has 0 saturated heterocycles. The summed E-state index contributed by atoms with van der Waals surface area (Å²) >= 11 is 7.76. The van der Waals surface area contributed by atoms with Gasteiger partial charge in [0.1, 0.15) is 17.5 Å². The minimum atomic E-state index is -0.760. The standard InChI is InChI=1S/C25H23ClN2O5S/c1-5-33-24(30)21-14(2)27-25-28(22(21)17-8-6-7-9-18(17)26)23(29)20(34-25)12-15-10-11-16(31-3)13-19(15)32-4/h6-13,22H,5H2,1-4H3/b20-12-. The summed E-state index contributed by atoms with van der Waals surface area (Å²) in [5.41, 5.74) is 1.82. The van der Waals surface area contributed by atoms with Gasteiger partial charge in [0, 0.05) is 16.7 Å². The van der Waals surface area contributed by atoms with Crippen LogP contribution >= 0.6 is 22.9 Å². The largest absolute Gasteiger partial charge is 0.497 e. The van der Waals surface area contributed by atoms with Crippen molar-refractivity contribution in [2.24, 2.45) is 4.99 Å². The molecular formula is C25H23ClN2O5S. The summed E-state index contributed by atoms with van der Waals surface area (Å²) in [6.07, 6.45) is 1.75. The van der Waals surface area contributed by atoms with Crippen molar-refractivity contribution in [2.45, 2.75) is 19.9 Å². The van der Waals surface area contributed by atoms with Crippen molar-refractivity contribution < 1.29 is 19.0 Å². The first-order valence-corrected chi connectivity index (χ1v) is 11.7. The molecule has 2 aromatic carbocycles. The summed E-state index contributed by atoms with van der Waals surface area (Å²) < 4.78 is 18.0. The van der Waals surface area contributed by atoms with Gasteiger partial charge in [-0.1, -0.05) is 41.1 Å². The van der Waals surface area contributed by atoms with Gasteiger partial charge in [-0.2, -0.15) is 0 Å². The summed E-state index contributed by atoms with van der Waals surface area (Å²) in [5.74, 6) is 0.680. The van der Waals surface area contributed by atoms with Gasteiger partial charge >= 0.3 is 5.97 Å². The molecule has 7 nitrogen and oxygen atoms in total. The Bertz CT molecular complexity index is 1470. The van der Waals surface area contributed by atoms with Crippen LogP contribution in [0.1, 0.15) is 31.0 Å². The number of esters is 1. The van der Waals surface area contributed by atoms with Crippen molar-refractivity contribution in [3.05, 3.63) is 89.6 Å². The Kier molecular flexibility index (Phi) is 6.90. The first-order chi connectivity index (χ1) is 16.4. The number of allylic oxidation sites excluding steroid dienone is 1. The highest BCUT2D eigenvalue weighted by molar-refractivity contribution is 7.07. The maximum atomic E-state index is 13.7. The Morgan fingerprint density at radius 2 is 1.97 bits per heavy atom. The molecule has 2 heterocycles. The molecule has 1 aromatic heterocycles. The first-order valence-electron chi connectivity index (χ1n) is 10.6. The number of hydrogen-bond acceptors (Lipinski definition) is 7. The zero-order valence-corrected chi connectivity index (χ0v) is 20.7. The van der Waals surface area contributed by atoms with Crippen LogP contribution in [0.3, 0.4) is 0 Å².